The van der Waals surface area contributed by atoms with E-state index in [9.17, 15) is 0 Å². The van der Waals surface area contributed by atoms with Gasteiger partial charge in [-0.05, 0) is 37.3 Å². The third-order valence-electron chi connectivity index (χ3n) is 5.52. The number of nitrogens with one attached hydrogen (secondary N) is 1. The van der Waals surface area contributed by atoms with Crippen LogP contribution in [0.5, 0.6) is 0 Å². The van der Waals surface area contributed by atoms with E-state index in [1.54, 1.807) is 6.20 Å². The lowest BCUT2D eigenvalue weighted by Gasteiger charge is -2.24. The molecule has 8 heteroatoms. The van der Waals surface area contributed by atoms with Crippen LogP contribution in [0.15, 0.2) is 33.9 Å². The van der Waals surface area contributed by atoms with E-state index in [-0.39, 0.29) is 24.0 Å². The molecule has 7 nitrogen and oxygen atoms in total. The molecule has 1 aliphatic rings. The highest BCUT2D eigenvalue weighted by molar-refractivity contribution is 14.0. The topological polar surface area (TPSA) is 79.4 Å². The first-order valence-electron chi connectivity index (χ1n) is 10.5. The summed E-state index contributed by atoms with van der Waals surface area (Å²) in [6, 6.07) is 5.64. The van der Waals surface area contributed by atoms with Crippen molar-refractivity contribution in [1.82, 2.24) is 25.3 Å². The van der Waals surface area contributed by atoms with Gasteiger partial charge in [0, 0.05) is 38.8 Å². The zero-order valence-electron chi connectivity index (χ0n) is 17.7. The van der Waals surface area contributed by atoms with Crippen LogP contribution in [-0.4, -0.2) is 52.2 Å². The fourth-order valence-electron chi connectivity index (χ4n) is 3.96. The average molecular weight is 512 g/mol. The molecule has 0 amide bonds. The summed E-state index contributed by atoms with van der Waals surface area (Å²) >= 11 is 0. The van der Waals surface area contributed by atoms with Crippen molar-refractivity contribution in [2.24, 2.45) is 16.8 Å². The maximum Gasteiger partial charge on any atom is 0.276 e. The summed E-state index contributed by atoms with van der Waals surface area (Å²) in [6.07, 6.45) is 6.15. The van der Waals surface area contributed by atoms with Gasteiger partial charge in [-0.25, -0.2) is 0 Å². The van der Waals surface area contributed by atoms with Crippen molar-refractivity contribution in [3.63, 3.8) is 0 Å². The molecular formula is C21H33IN6O. The molecule has 1 fully saturated rings. The van der Waals surface area contributed by atoms with Crippen molar-refractivity contribution in [3.8, 4) is 11.6 Å². The van der Waals surface area contributed by atoms with Gasteiger partial charge in [-0.3, -0.25) is 9.98 Å². The number of nitrogens with zero attached hydrogens (tertiary/aromatic N) is 5. The summed E-state index contributed by atoms with van der Waals surface area (Å²) in [7, 11) is 0. The SMILES string of the molecule is CCNC(=NCCc1noc(-c2ccccn2)n1)N1CCC(C(CC)CC)C1.I. The number of likely N-dealkylation sites (tertiary alicyclic amines) is 1. The van der Waals surface area contributed by atoms with Gasteiger partial charge in [0.25, 0.3) is 5.89 Å². The Balaban J connectivity index is 0.00000300. The number of aromatic nitrogens is 3. The fraction of sp³-hybridized carbons (Fsp3) is 0.619. The number of pyridine rings is 1. The molecule has 29 heavy (non-hydrogen) atoms. The maximum atomic E-state index is 5.32. The molecule has 0 saturated carbocycles. The molecular weight excluding hydrogens is 479 g/mol. The minimum absolute atomic E-state index is 0. The molecule has 0 radical (unpaired) electrons. The summed E-state index contributed by atoms with van der Waals surface area (Å²) in [5.41, 5.74) is 0.697. The second-order valence-electron chi connectivity index (χ2n) is 7.29. The monoisotopic (exact) mass is 512 g/mol. The molecule has 1 unspecified atom stereocenters. The molecule has 3 rings (SSSR count). The molecule has 0 aliphatic carbocycles. The Bertz CT molecular complexity index is 747. The quantitative estimate of drug-likeness (QED) is 0.327. The Morgan fingerprint density at radius 1 is 1.31 bits per heavy atom. The second kappa shape index (κ2) is 12.1. The first-order chi connectivity index (χ1) is 13.7. The highest BCUT2D eigenvalue weighted by Crippen LogP contribution is 2.28. The third-order valence-corrected chi connectivity index (χ3v) is 5.52. The molecule has 0 spiro atoms. The minimum atomic E-state index is 0. The smallest absolute Gasteiger partial charge is 0.276 e. The lowest BCUT2D eigenvalue weighted by molar-refractivity contribution is 0.319. The van der Waals surface area contributed by atoms with Crippen molar-refractivity contribution in [3.05, 3.63) is 30.2 Å². The van der Waals surface area contributed by atoms with Gasteiger partial charge in [-0.1, -0.05) is 37.9 Å². The summed E-state index contributed by atoms with van der Waals surface area (Å²) in [5.74, 6) is 3.72. The van der Waals surface area contributed by atoms with Gasteiger partial charge in [0.2, 0.25) is 0 Å². The number of halogens is 1. The van der Waals surface area contributed by atoms with E-state index in [4.69, 9.17) is 9.52 Å². The van der Waals surface area contributed by atoms with Crippen molar-refractivity contribution in [2.45, 2.75) is 46.5 Å². The van der Waals surface area contributed by atoms with E-state index in [0.29, 0.717) is 30.4 Å². The highest BCUT2D eigenvalue weighted by atomic mass is 127. The van der Waals surface area contributed by atoms with Gasteiger partial charge in [-0.15, -0.1) is 24.0 Å². The normalized spacial score (nSPS) is 16.9. The molecule has 1 atom stereocenters. The van der Waals surface area contributed by atoms with Gasteiger partial charge in [0.05, 0.1) is 0 Å². The van der Waals surface area contributed by atoms with Crippen LogP contribution < -0.4 is 5.32 Å². The van der Waals surface area contributed by atoms with Crippen LogP contribution in [-0.2, 0) is 6.42 Å². The van der Waals surface area contributed by atoms with Gasteiger partial charge in [0.1, 0.15) is 5.69 Å². The molecule has 2 aromatic rings. The number of hydrogen-bond donors (Lipinski definition) is 1. The van der Waals surface area contributed by atoms with Gasteiger partial charge < -0.3 is 14.7 Å². The Hall–Kier alpha value is -1.71. The standard InChI is InChI=1S/C21H32N6O.HI/c1-4-16(5-2)17-11-14-27(15-17)21(22-6-3)24-13-10-19-25-20(28-26-19)18-9-7-8-12-23-18;/h7-9,12,16-17H,4-6,10-11,13-15H2,1-3H3,(H,22,24);1H. The van der Waals surface area contributed by atoms with Crippen LogP contribution >= 0.6 is 24.0 Å². The molecule has 2 aromatic heterocycles. The zero-order valence-corrected chi connectivity index (χ0v) is 20.0. The van der Waals surface area contributed by atoms with Crippen molar-refractivity contribution < 1.29 is 4.52 Å². The number of hydrogen-bond acceptors (Lipinski definition) is 5. The third kappa shape index (κ3) is 6.38. The first-order valence-corrected chi connectivity index (χ1v) is 10.5. The van der Waals surface area contributed by atoms with Crippen LogP contribution in [0.3, 0.4) is 0 Å². The Labute approximate surface area is 190 Å². The van der Waals surface area contributed by atoms with Gasteiger partial charge in [0.15, 0.2) is 11.8 Å². The molecule has 1 N–H and O–H groups in total. The van der Waals surface area contributed by atoms with Crippen LogP contribution in [0.25, 0.3) is 11.6 Å². The minimum Gasteiger partial charge on any atom is -0.357 e. The lowest BCUT2D eigenvalue weighted by Crippen LogP contribution is -2.40. The van der Waals surface area contributed by atoms with Crippen LogP contribution in [0, 0.1) is 11.8 Å². The summed E-state index contributed by atoms with van der Waals surface area (Å²) < 4.78 is 5.32. The van der Waals surface area contributed by atoms with Crippen LogP contribution in [0.2, 0.25) is 0 Å². The van der Waals surface area contributed by atoms with E-state index in [0.717, 1.165) is 37.4 Å². The molecule has 0 aromatic carbocycles. The first kappa shape index (κ1) is 23.6. The van der Waals surface area contributed by atoms with Gasteiger partial charge in [-0.2, -0.15) is 4.98 Å². The fourth-order valence-corrected chi connectivity index (χ4v) is 3.96. The second-order valence-corrected chi connectivity index (χ2v) is 7.29. The average Bonchev–Trinajstić information content (AvgIpc) is 3.39. The largest absolute Gasteiger partial charge is 0.357 e. The van der Waals surface area contributed by atoms with E-state index in [1.807, 2.05) is 18.2 Å². The van der Waals surface area contributed by atoms with Crippen molar-refractivity contribution >= 4 is 29.9 Å². The van der Waals surface area contributed by atoms with Crippen LogP contribution in [0.1, 0.15) is 45.9 Å². The molecule has 3 heterocycles. The molecule has 1 aliphatic heterocycles. The lowest BCUT2D eigenvalue weighted by atomic mass is 9.87. The van der Waals surface area contributed by atoms with E-state index in [2.05, 4.69) is 46.1 Å². The summed E-state index contributed by atoms with van der Waals surface area (Å²) in [5, 5.41) is 7.50. The highest BCUT2D eigenvalue weighted by Gasteiger charge is 2.29. The molecule has 0 bridgehead atoms. The molecule has 1 saturated heterocycles. The predicted molar refractivity (Wildman–Crippen MR) is 126 cm³/mol. The van der Waals surface area contributed by atoms with Crippen molar-refractivity contribution in [2.75, 3.05) is 26.2 Å². The van der Waals surface area contributed by atoms with Crippen molar-refractivity contribution in [1.29, 1.82) is 0 Å². The predicted octanol–water partition coefficient (Wildman–Crippen LogP) is 4.02. The van der Waals surface area contributed by atoms with E-state index < -0.39 is 0 Å². The summed E-state index contributed by atoms with van der Waals surface area (Å²) in [4.78, 5) is 15.9. The number of rotatable bonds is 8. The maximum absolute atomic E-state index is 5.32. The Kier molecular flexibility index (Phi) is 9.83. The Morgan fingerprint density at radius 2 is 2.14 bits per heavy atom. The summed E-state index contributed by atoms with van der Waals surface area (Å²) in [6.45, 7) is 10.4. The van der Waals surface area contributed by atoms with E-state index in [1.165, 1.54) is 19.3 Å². The van der Waals surface area contributed by atoms with Crippen LogP contribution in [0.4, 0.5) is 0 Å². The van der Waals surface area contributed by atoms with E-state index >= 15 is 0 Å². The van der Waals surface area contributed by atoms with Gasteiger partial charge >= 0.3 is 0 Å². The zero-order chi connectivity index (χ0) is 19.8. The molecule has 160 valence electrons. The number of aliphatic imine (C=N–C) groups is 1. The Morgan fingerprint density at radius 3 is 2.83 bits per heavy atom. The number of guanidine groups is 1.